The number of hydrogen-bond donors (Lipinski definition) is 1. The number of thiophene rings is 1. The summed E-state index contributed by atoms with van der Waals surface area (Å²) in [4.78, 5) is 14.1. The van der Waals surface area contributed by atoms with E-state index in [0.29, 0.717) is 12.1 Å². The number of rotatable bonds is 3. The van der Waals surface area contributed by atoms with Gasteiger partial charge in [0.15, 0.2) is 0 Å². The van der Waals surface area contributed by atoms with E-state index in [1.807, 2.05) is 18.5 Å². The Labute approximate surface area is 135 Å². The molecule has 3 aromatic heterocycles. The molecule has 0 fully saturated rings. The highest BCUT2D eigenvalue weighted by atomic mass is 32.1. The zero-order valence-corrected chi connectivity index (χ0v) is 13.5. The van der Waals surface area contributed by atoms with Crippen molar-refractivity contribution in [1.29, 1.82) is 0 Å². The minimum absolute atomic E-state index is 0.276. The van der Waals surface area contributed by atoms with E-state index in [0.717, 1.165) is 32.9 Å². The molecule has 23 heavy (non-hydrogen) atoms. The monoisotopic (exact) mass is 327 g/mol. The van der Waals surface area contributed by atoms with E-state index in [1.54, 1.807) is 23.7 Å². The third-order valence-corrected chi connectivity index (χ3v) is 4.91. The summed E-state index contributed by atoms with van der Waals surface area (Å²) in [5.41, 5.74) is 2.71. The Balaban J connectivity index is 1.68. The number of benzene rings is 1. The first-order chi connectivity index (χ1) is 11.1. The fourth-order valence-electron chi connectivity index (χ4n) is 2.70. The molecule has 0 unspecified atom stereocenters. The molecule has 1 aromatic carbocycles. The topological polar surface area (TPSA) is 55.6 Å². The van der Waals surface area contributed by atoms with Crippen molar-refractivity contribution in [2.24, 2.45) is 7.05 Å². The fraction of sp³-hybridized carbons (Fsp3) is 0.188. The van der Waals surface area contributed by atoms with Crippen molar-refractivity contribution in [3.05, 3.63) is 47.1 Å². The SMILES string of the molecule is Cc1csc2ncnc(NCc3nc4cc(F)ccc4n3C)c12. The molecule has 0 bridgehead atoms. The van der Waals surface area contributed by atoms with Crippen LogP contribution in [0.25, 0.3) is 21.3 Å². The summed E-state index contributed by atoms with van der Waals surface area (Å²) in [6.07, 6.45) is 1.56. The molecule has 0 saturated carbocycles. The Bertz CT molecular complexity index is 1020. The highest BCUT2D eigenvalue weighted by molar-refractivity contribution is 7.17. The fourth-order valence-corrected chi connectivity index (χ4v) is 3.58. The Morgan fingerprint density at radius 3 is 3.04 bits per heavy atom. The minimum Gasteiger partial charge on any atom is -0.362 e. The second-order valence-corrected chi connectivity index (χ2v) is 6.25. The van der Waals surface area contributed by atoms with Crippen LogP contribution in [0, 0.1) is 12.7 Å². The summed E-state index contributed by atoms with van der Waals surface area (Å²) in [6, 6.07) is 4.64. The first-order valence-electron chi connectivity index (χ1n) is 7.17. The largest absolute Gasteiger partial charge is 0.362 e. The summed E-state index contributed by atoms with van der Waals surface area (Å²) in [5.74, 6) is 1.35. The van der Waals surface area contributed by atoms with Gasteiger partial charge < -0.3 is 9.88 Å². The summed E-state index contributed by atoms with van der Waals surface area (Å²) < 4.78 is 15.3. The van der Waals surface area contributed by atoms with Gasteiger partial charge in [-0.3, -0.25) is 0 Å². The van der Waals surface area contributed by atoms with E-state index in [9.17, 15) is 4.39 Å². The van der Waals surface area contributed by atoms with E-state index in [4.69, 9.17) is 0 Å². The summed E-state index contributed by atoms with van der Waals surface area (Å²) in [7, 11) is 1.93. The molecule has 1 N–H and O–H groups in total. The zero-order valence-electron chi connectivity index (χ0n) is 12.7. The maximum atomic E-state index is 13.3. The standard InChI is InChI=1S/C16H14FN5S/c1-9-7-23-16-14(9)15(19-8-20-16)18-6-13-21-11-5-10(17)3-4-12(11)22(13)2/h3-5,7-8H,6H2,1-2H3,(H,18,19,20). The van der Waals surface area contributed by atoms with Crippen LogP contribution in [0.15, 0.2) is 29.9 Å². The van der Waals surface area contributed by atoms with Gasteiger partial charge in [-0.15, -0.1) is 11.3 Å². The second kappa shape index (κ2) is 5.27. The molecule has 0 saturated heterocycles. The molecule has 116 valence electrons. The molecule has 3 heterocycles. The molecule has 0 aliphatic rings. The number of anilines is 1. The van der Waals surface area contributed by atoms with Gasteiger partial charge in [0.2, 0.25) is 0 Å². The van der Waals surface area contributed by atoms with Crippen molar-refractivity contribution < 1.29 is 4.39 Å². The van der Waals surface area contributed by atoms with Crippen LogP contribution >= 0.6 is 11.3 Å². The molecule has 7 heteroatoms. The van der Waals surface area contributed by atoms with Gasteiger partial charge in [0.1, 0.15) is 28.6 Å². The van der Waals surface area contributed by atoms with Crippen molar-refractivity contribution in [2.75, 3.05) is 5.32 Å². The molecule has 0 aliphatic carbocycles. The van der Waals surface area contributed by atoms with Crippen LogP contribution < -0.4 is 5.32 Å². The number of aromatic nitrogens is 4. The van der Waals surface area contributed by atoms with Crippen molar-refractivity contribution >= 4 is 38.4 Å². The van der Waals surface area contributed by atoms with Crippen molar-refractivity contribution in [3.63, 3.8) is 0 Å². The van der Waals surface area contributed by atoms with Crippen molar-refractivity contribution in [2.45, 2.75) is 13.5 Å². The summed E-state index contributed by atoms with van der Waals surface area (Å²) >= 11 is 1.60. The van der Waals surface area contributed by atoms with Gasteiger partial charge in [-0.2, -0.15) is 0 Å². The second-order valence-electron chi connectivity index (χ2n) is 5.39. The Morgan fingerprint density at radius 2 is 2.17 bits per heavy atom. The summed E-state index contributed by atoms with van der Waals surface area (Å²) in [5, 5.41) is 6.44. The molecule has 0 aliphatic heterocycles. The quantitative estimate of drug-likeness (QED) is 0.624. The molecule has 4 rings (SSSR count). The first-order valence-corrected chi connectivity index (χ1v) is 8.05. The van der Waals surface area contributed by atoms with E-state index < -0.39 is 0 Å². The highest BCUT2D eigenvalue weighted by Gasteiger charge is 2.11. The molecule has 5 nitrogen and oxygen atoms in total. The lowest BCUT2D eigenvalue weighted by atomic mass is 10.2. The van der Waals surface area contributed by atoms with Gasteiger partial charge in [0, 0.05) is 13.1 Å². The number of nitrogens with one attached hydrogen (secondary N) is 1. The van der Waals surface area contributed by atoms with Crippen molar-refractivity contribution in [1.82, 2.24) is 19.5 Å². The van der Waals surface area contributed by atoms with Crippen LogP contribution in [0.1, 0.15) is 11.4 Å². The minimum atomic E-state index is -0.276. The predicted octanol–water partition coefficient (Wildman–Crippen LogP) is 3.64. The maximum absolute atomic E-state index is 13.3. The van der Waals surface area contributed by atoms with Gasteiger partial charge in [-0.1, -0.05) is 0 Å². The van der Waals surface area contributed by atoms with Gasteiger partial charge in [-0.05, 0) is 30.0 Å². The number of halogens is 1. The number of imidazole rings is 1. The maximum Gasteiger partial charge on any atom is 0.138 e. The zero-order chi connectivity index (χ0) is 16.0. The van der Waals surface area contributed by atoms with E-state index >= 15 is 0 Å². The van der Waals surface area contributed by atoms with Gasteiger partial charge >= 0.3 is 0 Å². The van der Waals surface area contributed by atoms with Crippen LogP contribution in [0.4, 0.5) is 10.2 Å². The van der Waals surface area contributed by atoms with E-state index in [2.05, 4.69) is 25.6 Å². The average molecular weight is 327 g/mol. The van der Waals surface area contributed by atoms with E-state index in [-0.39, 0.29) is 5.82 Å². The molecular weight excluding hydrogens is 313 g/mol. The average Bonchev–Trinajstić information content (AvgIpc) is 3.07. The predicted molar refractivity (Wildman–Crippen MR) is 90.2 cm³/mol. The molecule has 4 aromatic rings. The van der Waals surface area contributed by atoms with Gasteiger partial charge in [-0.25, -0.2) is 19.3 Å². The molecule has 0 amide bonds. The van der Waals surface area contributed by atoms with E-state index in [1.165, 1.54) is 12.1 Å². The molecular formula is C16H14FN5S. The highest BCUT2D eigenvalue weighted by Crippen LogP contribution is 2.28. The third-order valence-electron chi connectivity index (χ3n) is 3.90. The summed E-state index contributed by atoms with van der Waals surface area (Å²) in [6.45, 7) is 2.55. The van der Waals surface area contributed by atoms with Crippen LogP contribution in [0.5, 0.6) is 0 Å². The van der Waals surface area contributed by atoms with Crippen LogP contribution in [-0.2, 0) is 13.6 Å². The number of hydrogen-bond acceptors (Lipinski definition) is 5. The third kappa shape index (κ3) is 2.33. The lowest BCUT2D eigenvalue weighted by Gasteiger charge is -2.07. The van der Waals surface area contributed by atoms with Gasteiger partial charge in [0.05, 0.1) is 23.0 Å². The number of fused-ring (bicyclic) bond motifs is 2. The lowest BCUT2D eigenvalue weighted by Crippen LogP contribution is -2.07. The number of nitrogens with zero attached hydrogens (tertiary/aromatic N) is 4. The lowest BCUT2D eigenvalue weighted by molar-refractivity contribution is 0.629. The molecule has 0 atom stereocenters. The number of aryl methyl sites for hydroxylation is 2. The van der Waals surface area contributed by atoms with Crippen LogP contribution in [-0.4, -0.2) is 19.5 Å². The van der Waals surface area contributed by atoms with Crippen LogP contribution in [0.3, 0.4) is 0 Å². The Morgan fingerprint density at radius 1 is 1.30 bits per heavy atom. The molecule has 0 radical (unpaired) electrons. The Kier molecular flexibility index (Phi) is 3.23. The Hall–Kier alpha value is -2.54. The first kappa shape index (κ1) is 14.1. The smallest absolute Gasteiger partial charge is 0.138 e. The normalized spacial score (nSPS) is 11.4. The van der Waals surface area contributed by atoms with Crippen LogP contribution in [0.2, 0.25) is 0 Å². The van der Waals surface area contributed by atoms with Gasteiger partial charge in [0.25, 0.3) is 0 Å². The molecule has 0 spiro atoms. The van der Waals surface area contributed by atoms with Crippen molar-refractivity contribution in [3.8, 4) is 0 Å².